The van der Waals surface area contributed by atoms with Crippen LogP contribution in [0, 0.1) is 0 Å². The van der Waals surface area contributed by atoms with Crippen LogP contribution in [0.5, 0.6) is 0 Å². The normalized spacial score (nSPS) is 17.1. The molecular formula is C13H23N5OS. The van der Waals surface area contributed by atoms with Gasteiger partial charge in [0.2, 0.25) is 11.1 Å². The van der Waals surface area contributed by atoms with Crippen LogP contribution in [-0.2, 0) is 4.79 Å². The van der Waals surface area contributed by atoms with E-state index >= 15 is 0 Å². The van der Waals surface area contributed by atoms with E-state index in [2.05, 4.69) is 20.8 Å². The third-order valence-corrected chi connectivity index (χ3v) is 4.16. The van der Waals surface area contributed by atoms with Gasteiger partial charge in [-0.2, -0.15) is 0 Å². The first-order valence-electron chi connectivity index (χ1n) is 7.17. The van der Waals surface area contributed by atoms with E-state index in [4.69, 9.17) is 0 Å². The zero-order valence-electron chi connectivity index (χ0n) is 12.4. The van der Waals surface area contributed by atoms with Crippen LogP contribution in [0.15, 0.2) is 5.16 Å². The summed E-state index contributed by atoms with van der Waals surface area (Å²) in [6, 6.07) is 0.395. The van der Waals surface area contributed by atoms with Crippen molar-refractivity contribution in [3.63, 3.8) is 0 Å². The third kappa shape index (κ3) is 4.47. The van der Waals surface area contributed by atoms with Crippen molar-refractivity contribution in [3.8, 4) is 0 Å². The fourth-order valence-corrected chi connectivity index (χ4v) is 3.16. The minimum atomic E-state index is -0.201. The fourth-order valence-electron chi connectivity index (χ4n) is 2.42. The number of hydrogen-bond donors (Lipinski definition) is 1. The van der Waals surface area contributed by atoms with Gasteiger partial charge in [-0.1, -0.05) is 31.0 Å². The molecule has 7 heteroatoms. The second-order valence-electron chi connectivity index (χ2n) is 6.28. The van der Waals surface area contributed by atoms with Crippen molar-refractivity contribution < 1.29 is 4.79 Å². The molecule has 0 atom stereocenters. The summed E-state index contributed by atoms with van der Waals surface area (Å²) in [6.07, 6.45) is 6.03. The van der Waals surface area contributed by atoms with E-state index in [-0.39, 0.29) is 11.4 Å². The van der Waals surface area contributed by atoms with Crippen molar-refractivity contribution in [2.45, 2.75) is 69.6 Å². The summed E-state index contributed by atoms with van der Waals surface area (Å²) < 4.78 is 1.90. The molecule has 1 saturated carbocycles. The molecule has 1 aromatic rings. The van der Waals surface area contributed by atoms with Crippen molar-refractivity contribution in [2.24, 2.45) is 0 Å². The van der Waals surface area contributed by atoms with Crippen molar-refractivity contribution in [1.82, 2.24) is 25.5 Å². The highest BCUT2D eigenvalue weighted by atomic mass is 32.2. The lowest BCUT2D eigenvalue weighted by Crippen LogP contribution is -2.41. The van der Waals surface area contributed by atoms with Crippen LogP contribution in [0.1, 0.15) is 58.9 Å². The molecule has 1 amide bonds. The molecular weight excluding hydrogens is 274 g/mol. The summed E-state index contributed by atoms with van der Waals surface area (Å²) in [5.74, 6) is 0.366. The zero-order chi connectivity index (χ0) is 14.6. The monoisotopic (exact) mass is 297 g/mol. The lowest BCUT2D eigenvalue weighted by atomic mass is 9.96. The Morgan fingerprint density at radius 2 is 2.05 bits per heavy atom. The highest BCUT2D eigenvalue weighted by Gasteiger charge is 2.21. The van der Waals surface area contributed by atoms with Gasteiger partial charge in [0.25, 0.3) is 0 Å². The van der Waals surface area contributed by atoms with Gasteiger partial charge in [-0.3, -0.25) is 4.79 Å². The molecule has 2 rings (SSSR count). The number of thioether (sulfide) groups is 1. The Morgan fingerprint density at radius 1 is 1.35 bits per heavy atom. The van der Waals surface area contributed by atoms with Crippen molar-refractivity contribution >= 4 is 17.7 Å². The third-order valence-electron chi connectivity index (χ3n) is 3.23. The lowest BCUT2D eigenvalue weighted by Gasteiger charge is -2.22. The molecule has 20 heavy (non-hydrogen) atoms. The van der Waals surface area contributed by atoms with E-state index in [1.807, 2.05) is 25.5 Å². The fraction of sp³-hybridized carbons (Fsp3) is 0.846. The maximum atomic E-state index is 11.8. The molecule has 0 radical (unpaired) electrons. The van der Waals surface area contributed by atoms with Crippen LogP contribution in [0.25, 0.3) is 0 Å². The molecule has 1 heterocycles. The molecule has 0 unspecified atom stereocenters. The number of amides is 1. The first-order valence-corrected chi connectivity index (χ1v) is 8.16. The Hall–Kier alpha value is -1.11. The minimum Gasteiger partial charge on any atom is -0.351 e. The maximum absolute atomic E-state index is 11.8. The van der Waals surface area contributed by atoms with Crippen LogP contribution >= 0.6 is 11.8 Å². The average molecular weight is 297 g/mol. The van der Waals surface area contributed by atoms with Gasteiger partial charge >= 0.3 is 0 Å². The largest absolute Gasteiger partial charge is 0.351 e. The molecule has 1 aromatic heterocycles. The standard InChI is InChI=1S/C13H23N5OS/c1-13(2,3)14-11(19)9-20-12-15-16-17-18(12)10-7-5-4-6-8-10/h10H,4-9H2,1-3H3,(H,14,19). The van der Waals surface area contributed by atoms with E-state index in [0.29, 0.717) is 11.8 Å². The number of nitrogens with one attached hydrogen (secondary N) is 1. The second-order valence-corrected chi connectivity index (χ2v) is 7.23. The molecule has 1 aliphatic rings. The molecule has 0 aromatic carbocycles. The van der Waals surface area contributed by atoms with Crippen LogP contribution in [-0.4, -0.2) is 37.4 Å². The van der Waals surface area contributed by atoms with Gasteiger partial charge in [0.1, 0.15) is 0 Å². The zero-order valence-corrected chi connectivity index (χ0v) is 13.2. The summed E-state index contributed by atoms with van der Waals surface area (Å²) in [5.41, 5.74) is -0.201. The number of nitrogens with zero attached hydrogens (tertiary/aromatic N) is 4. The SMILES string of the molecule is CC(C)(C)NC(=O)CSc1nnnn1C1CCCCC1. The Labute approximate surface area is 124 Å². The summed E-state index contributed by atoms with van der Waals surface area (Å²) in [7, 11) is 0. The number of tetrazole rings is 1. The van der Waals surface area contributed by atoms with E-state index in [1.165, 1.54) is 31.0 Å². The second kappa shape index (κ2) is 6.56. The highest BCUT2D eigenvalue weighted by molar-refractivity contribution is 7.99. The van der Waals surface area contributed by atoms with Gasteiger partial charge < -0.3 is 5.32 Å². The number of carbonyl (C=O) groups excluding carboxylic acids is 1. The van der Waals surface area contributed by atoms with E-state index in [9.17, 15) is 4.79 Å². The molecule has 0 aliphatic heterocycles. The predicted octanol–water partition coefficient (Wildman–Crippen LogP) is 2.19. The van der Waals surface area contributed by atoms with Crippen molar-refractivity contribution in [1.29, 1.82) is 0 Å². The molecule has 112 valence electrons. The summed E-state index contributed by atoms with van der Waals surface area (Å²) in [6.45, 7) is 5.92. The number of aromatic nitrogens is 4. The topological polar surface area (TPSA) is 72.7 Å². The summed E-state index contributed by atoms with van der Waals surface area (Å²) >= 11 is 1.41. The van der Waals surface area contributed by atoms with Crippen molar-refractivity contribution in [3.05, 3.63) is 0 Å². The number of carbonyl (C=O) groups is 1. The Kier molecular flexibility index (Phi) is 5.01. The highest BCUT2D eigenvalue weighted by Crippen LogP contribution is 2.30. The van der Waals surface area contributed by atoms with Crippen LogP contribution in [0.4, 0.5) is 0 Å². The molecule has 1 fully saturated rings. The Bertz CT molecular complexity index is 448. The molecule has 6 nitrogen and oxygen atoms in total. The molecule has 1 aliphatic carbocycles. The molecule has 0 saturated heterocycles. The summed E-state index contributed by atoms with van der Waals surface area (Å²) in [4.78, 5) is 11.8. The van der Waals surface area contributed by atoms with Gasteiger partial charge in [0.05, 0.1) is 11.8 Å². The van der Waals surface area contributed by atoms with Crippen LogP contribution in [0.3, 0.4) is 0 Å². The van der Waals surface area contributed by atoms with E-state index < -0.39 is 0 Å². The van der Waals surface area contributed by atoms with Crippen molar-refractivity contribution in [2.75, 3.05) is 5.75 Å². The molecule has 0 spiro atoms. The van der Waals surface area contributed by atoms with E-state index in [1.54, 1.807) is 0 Å². The van der Waals surface area contributed by atoms with Crippen LogP contribution in [0.2, 0.25) is 0 Å². The van der Waals surface area contributed by atoms with Gasteiger partial charge in [0.15, 0.2) is 0 Å². The number of hydrogen-bond acceptors (Lipinski definition) is 5. The van der Waals surface area contributed by atoms with Gasteiger partial charge in [0, 0.05) is 5.54 Å². The van der Waals surface area contributed by atoms with E-state index in [0.717, 1.165) is 18.0 Å². The maximum Gasteiger partial charge on any atom is 0.230 e. The summed E-state index contributed by atoms with van der Waals surface area (Å²) in [5, 5.41) is 15.6. The van der Waals surface area contributed by atoms with Crippen LogP contribution < -0.4 is 5.32 Å². The smallest absolute Gasteiger partial charge is 0.230 e. The predicted molar refractivity (Wildman–Crippen MR) is 78.6 cm³/mol. The molecule has 0 bridgehead atoms. The minimum absolute atomic E-state index is 0.0145. The molecule has 1 N–H and O–H groups in total. The number of rotatable bonds is 4. The van der Waals surface area contributed by atoms with Gasteiger partial charge in [-0.15, -0.1) is 5.10 Å². The lowest BCUT2D eigenvalue weighted by molar-refractivity contribution is -0.119. The Balaban J connectivity index is 1.90. The average Bonchev–Trinajstić information content (AvgIpc) is 2.83. The first kappa shape index (κ1) is 15.3. The quantitative estimate of drug-likeness (QED) is 0.862. The van der Waals surface area contributed by atoms with Gasteiger partial charge in [-0.25, -0.2) is 4.68 Å². The first-order chi connectivity index (χ1) is 9.46. The Morgan fingerprint density at radius 3 is 2.70 bits per heavy atom. The van der Waals surface area contributed by atoms with Gasteiger partial charge in [-0.05, 0) is 44.0 Å².